The molecular formula is C24H26N2OS. The van der Waals surface area contributed by atoms with Gasteiger partial charge in [-0.25, -0.2) is 4.98 Å². The van der Waals surface area contributed by atoms with Crippen LogP contribution in [0.2, 0.25) is 0 Å². The Kier molecular flexibility index (Phi) is 5.23. The van der Waals surface area contributed by atoms with Crippen molar-refractivity contribution in [2.24, 2.45) is 0 Å². The fourth-order valence-electron chi connectivity index (χ4n) is 3.36. The fourth-order valence-corrected chi connectivity index (χ4v) is 4.08. The molecular weight excluding hydrogens is 364 g/mol. The van der Waals surface area contributed by atoms with Crippen LogP contribution in [-0.4, -0.2) is 16.2 Å². The largest absolute Gasteiger partial charge is 0.494 e. The first-order valence-corrected chi connectivity index (χ1v) is 10.6. The molecule has 0 radical (unpaired) electrons. The molecule has 0 aliphatic rings. The summed E-state index contributed by atoms with van der Waals surface area (Å²) in [5, 5.41) is 2.10. The zero-order valence-electron chi connectivity index (χ0n) is 16.7. The van der Waals surface area contributed by atoms with Crippen LogP contribution in [0.25, 0.3) is 21.7 Å². The number of benzene rings is 2. The van der Waals surface area contributed by atoms with Crippen molar-refractivity contribution in [1.82, 2.24) is 9.55 Å². The summed E-state index contributed by atoms with van der Waals surface area (Å²) < 4.78 is 8.30. The number of nitrogens with zero attached hydrogens (tertiary/aromatic N) is 2. The molecule has 0 aliphatic heterocycles. The molecule has 2 heterocycles. The number of hydrogen-bond donors (Lipinski definition) is 0. The third kappa shape index (κ3) is 3.97. The maximum Gasteiger partial charge on any atom is 0.151 e. The quantitative estimate of drug-likeness (QED) is 0.350. The number of hydrogen-bond acceptors (Lipinski definition) is 3. The van der Waals surface area contributed by atoms with Crippen molar-refractivity contribution in [3.8, 4) is 16.5 Å². The highest BCUT2D eigenvalue weighted by molar-refractivity contribution is 7.13. The van der Waals surface area contributed by atoms with Crippen molar-refractivity contribution in [3.05, 3.63) is 71.6 Å². The molecule has 4 heteroatoms. The van der Waals surface area contributed by atoms with Crippen molar-refractivity contribution >= 4 is 22.4 Å². The fraction of sp³-hybridized carbons (Fsp3) is 0.292. The first-order valence-electron chi connectivity index (χ1n) is 9.75. The van der Waals surface area contributed by atoms with Gasteiger partial charge in [-0.1, -0.05) is 51.1 Å². The van der Waals surface area contributed by atoms with E-state index in [-0.39, 0.29) is 5.41 Å². The number of fused-ring (bicyclic) bond motifs is 1. The van der Waals surface area contributed by atoms with E-state index >= 15 is 0 Å². The van der Waals surface area contributed by atoms with Crippen molar-refractivity contribution in [1.29, 1.82) is 0 Å². The van der Waals surface area contributed by atoms with Gasteiger partial charge in [0.25, 0.3) is 0 Å². The van der Waals surface area contributed by atoms with Gasteiger partial charge < -0.3 is 9.30 Å². The van der Waals surface area contributed by atoms with Crippen LogP contribution in [0.3, 0.4) is 0 Å². The van der Waals surface area contributed by atoms with Gasteiger partial charge in [-0.05, 0) is 53.1 Å². The minimum absolute atomic E-state index is 0.166. The second-order valence-corrected chi connectivity index (χ2v) is 8.98. The number of ether oxygens (including phenoxy) is 1. The average Bonchev–Trinajstić information content (AvgIpc) is 3.33. The molecule has 0 unspecified atom stereocenters. The SMILES string of the molecule is CC(C)(C)c1ccc(OCCCn2c(-c3cccs3)nc3ccccc32)cc1. The Bertz CT molecular complexity index is 1040. The zero-order chi connectivity index (χ0) is 19.6. The molecule has 2 aromatic carbocycles. The van der Waals surface area contributed by atoms with Crippen LogP contribution in [0.1, 0.15) is 32.8 Å². The molecule has 0 saturated carbocycles. The van der Waals surface area contributed by atoms with Crippen LogP contribution in [0.5, 0.6) is 5.75 Å². The molecule has 0 atom stereocenters. The highest BCUT2D eigenvalue weighted by Crippen LogP contribution is 2.28. The minimum atomic E-state index is 0.166. The average molecular weight is 391 g/mol. The van der Waals surface area contributed by atoms with Crippen LogP contribution >= 0.6 is 11.3 Å². The van der Waals surface area contributed by atoms with Crippen LogP contribution < -0.4 is 4.74 Å². The van der Waals surface area contributed by atoms with E-state index in [1.807, 2.05) is 6.07 Å². The number of thiophene rings is 1. The Balaban J connectivity index is 1.44. The molecule has 0 fully saturated rings. The smallest absolute Gasteiger partial charge is 0.151 e. The molecule has 28 heavy (non-hydrogen) atoms. The van der Waals surface area contributed by atoms with E-state index in [9.17, 15) is 0 Å². The lowest BCUT2D eigenvalue weighted by molar-refractivity contribution is 0.302. The summed E-state index contributed by atoms with van der Waals surface area (Å²) in [7, 11) is 0. The number of aryl methyl sites for hydroxylation is 1. The van der Waals surface area contributed by atoms with Crippen molar-refractivity contribution in [2.45, 2.75) is 39.2 Å². The Morgan fingerprint density at radius 3 is 2.46 bits per heavy atom. The van der Waals surface area contributed by atoms with Gasteiger partial charge in [-0.15, -0.1) is 11.3 Å². The predicted octanol–water partition coefficient (Wildman–Crippen LogP) is 6.53. The van der Waals surface area contributed by atoms with E-state index in [4.69, 9.17) is 9.72 Å². The molecule has 0 saturated heterocycles. The molecule has 4 aromatic rings. The molecule has 0 N–H and O–H groups in total. The highest BCUT2D eigenvalue weighted by atomic mass is 32.1. The van der Waals surface area contributed by atoms with E-state index in [2.05, 4.69) is 85.3 Å². The molecule has 0 spiro atoms. The monoisotopic (exact) mass is 390 g/mol. The second-order valence-electron chi connectivity index (χ2n) is 8.03. The molecule has 0 amide bonds. The first-order chi connectivity index (χ1) is 13.5. The number of para-hydroxylation sites is 2. The van der Waals surface area contributed by atoms with Gasteiger partial charge in [0.15, 0.2) is 5.82 Å². The van der Waals surface area contributed by atoms with Gasteiger partial charge in [0, 0.05) is 6.54 Å². The van der Waals surface area contributed by atoms with E-state index in [0.717, 1.165) is 30.1 Å². The summed E-state index contributed by atoms with van der Waals surface area (Å²) in [6.07, 6.45) is 0.930. The molecule has 144 valence electrons. The summed E-state index contributed by atoms with van der Waals surface area (Å²) in [4.78, 5) is 6.06. The molecule has 2 aromatic heterocycles. The van der Waals surface area contributed by atoms with Crippen LogP contribution in [0, 0.1) is 0 Å². The van der Waals surface area contributed by atoms with Gasteiger partial charge in [0.2, 0.25) is 0 Å². The van der Waals surface area contributed by atoms with Crippen LogP contribution in [0.15, 0.2) is 66.0 Å². The molecule has 0 bridgehead atoms. The van der Waals surface area contributed by atoms with E-state index in [0.29, 0.717) is 6.61 Å². The molecule has 3 nitrogen and oxygen atoms in total. The Hall–Kier alpha value is -2.59. The zero-order valence-corrected chi connectivity index (χ0v) is 17.5. The van der Waals surface area contributed by atoms with Gasteiger partial charge >= 0.3 is 0 Å². The van der Waals surface area contributed by atoms with Crippen molar-refractivity contribution in [3.63, 3.8) is 0 Å². The Morgan fingerprint density at radius 2 is 1.75 bits per heavy atom. The number of aromatic nitrogens is 2. The standard InChI is InChI=1S/C24H26N2OS/c1-24(2,3)18-11-13-19(14-12-18)27-16-7-15-26-21-9-5-4-8-20(21)25-23(26)22-10-6-17-28-22/h4-6,8-14,17H,7,15-16H2,1-3H3. The van der Waals surface area contributed by atoms with Crippen LogP contribution in [0.4, 0.5) is 0 Å². The van der Waals surface area contributed by atoms with Crippen molar-refractivity contribution < 1.29 is 4.74 Å². The van der Waals surface area contributed by atoms with E-state index < -0.39 is 0 Å². The van der Waals surface area contributed by atoms with Gasteiger partial charge in [-0.2, -0.15) is 0 Å². The van der Waals surface area contributed by atoms with E-state index in [1.165, 1.54) is 16.0 Å². The maximum absolute atomic E-state index is 5.98. The maximum atomic E-state index is 5.98. The lowest BCUT2D eigenvalue weighted by Crippen LogP contribution is -2.10. The third-order valence-corrected chi connectivity index (χ3v) is 5.78. The van der Waals surface area contributed by atoms with E-state index in [1.54, 1.807) is 11.3 Å². The normalized spacial score (nSPS) is 11.8. The van der Waals surface area contributed by atoms with Gasteiger partial charge in [-0.3, -0.25) is 0 Å². The van der Waals surface area contributed by atoms with Gasteiger partial charge in [0.1, 0.15) is 5.75 Å². The third-order valence-electron chi connectivity index (χ3n) is 4.91. The lowest BCUT2D eigenvalue weighted by Gasteiger charge is -2.19. The van der Waals surface area contributed by atoms with Gasteiger partial charge in [0.05, 0.1) is 22.5 Å². The summed E-state index contributed by atoms with van der Waals surface area (Å²) in [6, 6.07) is 21.0. The molecule has 0 aliphatic carbocycles. The van der Waals surface area contributed by atoms with Crippen molar-refractivity contribution in [2.75, 3.05) is 6.61 Å². The minimum Gasteiger partial charge on any atom is -0.494 e. The van der Waals surface area contributed by atoms with Crippen LogP contribution in [-0.2, 0) is 12.0 Å². The summed E-state index contributed by atoms with van der Waals surface area (Å²) in [5.74, 6) is 1.98. The second kappa shape index (κ2) is 7.80. The molecule has 4 rings (SSSR count). The number of rotatable bonds is 6. The highest BCUT2D eigenvalue weighted by Gasteiger charge is 2.14. The Labute approximate surface area is 170 Å². The lowest BCUT2D eigenvalue weighted by atomic mass is 9.87. The summed E-state index contributed by atoms with van der Waals surface area (Å²) in [5.41, 5.74) is 3.72. The predicted molar refractivity (Wildman–Crippen MR) is 118 cm³/mol. The first kappa shape index (κ1) is 18.8. The topological polar surface area (TPSA) is 27.1 Å². The Morgan fingerprint density at radius 1 is 0.964 bits per heavy atom. The number of imidazole rings is 1. The summed E-state index contributed by atoms with van der Waals surface area (Å²) in [6.45, 7) is 8.25. The summed E-state index contributed by atoms with van der Waals surface area (Å²) >= 11 is 1.73.